The van der Waals surface area contributed by atoms with Crippen molar-refractivity contribution in [1.82, 2.24) is 4.90 Å². The summed E-state index contributed by atoms with van der Waals surface area (Å²) >= 11 is 0. The Hall–Kier alpha value is -1.35. The largest absolute Gasteiger partial charge is 0.396 e. The van der Waals surface area contributed by atoms with E-state index in [-0.39, 0.29) is 12.5 Å². The summed E-state index contributed by atoms with van der Waals surface area (Å²) in [6, 6.07) is 9.85. The molecule has 1 heterocycles. The van der Waals surface area contributed by atoms with Gasteiger partial charge in [-0.25, -0.2) is 0 Å². The van der Waals surface area contributed by atoms with Crippen LogP contribution in [0.2, 0.25) is 0 Å². The zero-order chi connectivity index (χ0) is 12.1. The van der Waals surface area contributed by atoms with Gasteiger partial charge in [0.2, 0.25) is 5.91 Å². The summed E-state index contributed by atoms with van der Waals surface area (Å²) in [5, 5.41) is 8.88. The van der Waals surface area contributed by atoms with E-state index >= 15 is 0 Å². The molecule has 0 aromatic heterocycles. The Balaban J connectivity index is 1.85. The van der Waals surface area contributed by atoms with Gasteiger partial charge in [0.05, 0.1) is 6.42 Å². The van der Waals surface area contributed by atoms with E-state index < -0.39 is 0 Å². The SMILES string of the molecule is O=C(Cc1ccccc1)N1CCC(CCO)C1. The second-order valence-electron chi connectivity index (χ2n) is 4.67. The molecule has 1 fully saturated rings. The summed E-state index contributed by atoms with van der Waals surface area (Å²) in [5.74, 6) is 0.691. The molecule has 3 heteroatoms. The molecule has 0 aliphatic carbocycles. The maximum atomic E-state index is 12.0. The van der Waals surface area contributed by atoms with Crippen LogP contribution in [-0.4, -0.2) is 35.6 Å². The van der Waals surface area contributed by atoms with Gasteiger partial charge in [0.25, 0.3) is 0 Å². The Labute approximate surface area is 102 Å². The molecule has 1 N–H and O–H groups in total. The zero-order valence-electron chi connectivity index (χ0n) is 10.0. The Morgan fingerprint density at radius 2 is 2.12 bits per heavy atom. The smallest absolute Gasteiger partial charge is 0.226 e. The summed E-state index contributed by atoms with van der Waals surface area (Å²) in [6.07, 6.45) is 2.34. The standard InChI is InChI=1S/C14H19NO2/c16-9-7-13-6-8-15(11-13)14(17)10-12-4-2-1-3-5-12/h1-5,13,16H,6-11H2. The third kappa shape index (κ3) is 3.30. The van der Waals surface area contributed by atoms with E-state index in [1.54, 1.807) is 0 Å². The summed E-state index contributed by atoms with van der Waals surface area (Å²) in [7, 11) is 0. The Morgan fingerprint density at radius 1 is 1.35 bits per heavy atom. The predicted molar refractivity (Wildman–Crippen MR) is 66.5 cm³/mol. The van der Waals surface area contributed by atoms with Gasteiger partial charge in [0.15, 0.2) is 0 Å². The zero-order valence-corrected chi connectivity index (χ0v) is 10.0. The van der Waals surface area contributed by atoms with Crippen LogP contribution in [-0.2, 0) is 11.2 Å². The molecule has 92 valence electrons. The van der Waals surface area contributed by atoms with Crippen molar-refractivity contribution in [2.24, 2.45) is 5.92 Å². The van der Waals surface area contributed by atoms with E-state index in [1.807, 2.05) is 35.2 Å². The lowest BCUT2D eigenvalue weighted by atomic mass is 10.1. The van der Waals surface area contributed by atoms with E-state index in [9.17, 15) is 4.79 Å². The first-order valence-electron chi connectivity index (χ1n) is 6.22. The summed E-state index contributed by atoms with van der Waals surface area (Å²) < 4.78 is 0. The normalized spacial score (nSPS) is 19.6. The molecule has 1 saturated heterocycles. The lowest BCUT2D eigenvalue weighted by molar-refractivity contribution is -0.129. The maximum Gasteiger partial charge on any atom is 0.226 e. The van der Waals surface area contributed by atoms with E-state index in [1.165, 1.54) is 0 Å². The van der Waals surface area contributed by atoms with Crippen molar-refractivity contribution in [1.29, 1.82) is 0 Å². The third-order valence-corrected chi connectivity index (χ3v) is 3.37. The van der Waals surface area contributed by atoms with Gasteiger partial charge in [-0.15, -0.1) is 0 Å². The molecular formula is C14H19NO2. The number of rotatable bonds is 4. The average Bonchev–Trinajstić information content (AvgIpc) is 2.79. The van der Waals surface area contributed by atoms with Crippen molar-refractivity contribution in [2.75, 3.05) is 19.7 Å². The fourth-order valence-corrected chi connectivity index (χ4v) is 2.36. The molecule has 0 bridgehead atoms. The maximum absolute atomic E-state index is 12.0. The van der Waals surface area contributed by atoms with Crippen molar-refractivity contribution in [3.63, 3.8) is 0 Å². The molecule has 0 radical (unpaired) electrons. The number of benzene rings is 1. The molecule has 1 atom stereocenters. The predicted octanol–water partition coefficient (Wildman–Crippen LogP) is 1.46. The van der Waals surface area contributed by atoms with Crippen LogP contribution in [0.25, 0.3) is 0 Å². The number of hydrogen-bond donors (Lipinski definition) is 1. The Kier molecular flexibility index (Phi) is 4.15. The van der Waals surface area contributed by atoms with E-state index in [2.05, 4.69) is 0 Å². The molecule has 2 rings (SSSR count). The third-order valence-electron chi connectivity index (χ3n) is 3.37. The number of amides is 1. The highest BCUT2D eigenvalue weighted by Crippen LogP contribution is 2.19. The van der Waals surface area contributed by atoms with E-state index in [0.717, 1.165) is 31.5 Å². The van der Waals surface area contributed by atoms with Gasteiger partial charge in [-0.3, -0.25) is 4.79 Å². The van der Waals surface area contributed by atoms with Crippen molar-refractivity contribution >= 4 is 5.91 Å². The Bertz CT molecular complexity index is 364. The first kappa shape index (κ1) is 12.1. The van der Waals surface area contributed by atoms with Crippen LogP contribution in [0, 0.1) is 5.92 Å². The number of hydrogen-bond acceptors (Lipinski definition) is 2. The molecule has 1 unspecified atom stereocenters. The summed E-state index contributed by atoms with van der Waals surface area (Å²) in [4.78, 5) is 14.0. The molecule has 1 amide bonds. The molecule has 3 nitrogen and oxygen atoms in total. The molecule has 0 saturated carbocycles. The summed E-state index contributed by atoms with van der Waals surface area (Å²) in [6.45, 7) is 1.88. The second-order valence-corrected chi connectivity index (χ2v) is 4.67. The van der Waals surface area contributed by atoms with Gasteiger partial charge in [0.1, 0.15) is 0 Å². The number of likely N-dealkylation sites (tertiary alicyclic amines) is 1. The number of carbonyl (C=O) groups excluding carboxylic acids is 1. The van der Waals surface area contributed by atoms with E-state index in [4.69, 9.17) is 5.11 Å². The van der Waals surface area contributed by atoms with Crippen LogP contribution < -0.4 is 0 Å². The number of aliphatic hydroxyl groups is 1. The van der Waals surface area contributed by atoms with Crippen LogP contribution in [0.15, 0.2) is 30.3 Å². The van der Waals surface area contributed by atoms with Gasteiger partial charge in [-0.1, -0.05) is 30.3 Å². The van der Waals surface area contributed by atoms with Gasteiger partial charge < -0.3 is 10.0 Å². The molecular weight excluding hydrogens is 214 g/mol. The second kappa shape index (κ2) is 5.82. The van der Waals surface area contributed by atoms with Crippen molar-refractivity contribution in [3.05, 3.63) is 35.9 Å². The van der Waals surface area contributed by atoms with Crippen LogP contribution >= 0.6 is 0 Å². The van der Waals surface area contributed by atoms with Crippen LogP contribution in [0.1, 0.15) is 18.4 Å². The topological polar surface area (TPSA) is 40.5 Å². The average molecular weight is 233 g/mol. The highest BCUT2D eigenvalue weighted by Gasteiger charge is 2.25. The van der Waals surface area contributed by atoms with E-state index in [0.29, 0.717) is 12.3 Å². The molecule has 0 spiro atoms. The molecule has 1 aliphatic heterocycles. The molecule has 1 aromatic rings. The molecule has 1 aliphatic rings. The minimum absolute atomic E-state index is 0.205. The monoisotopic (exact) mass is 233 g/mol. The fraction of sp³-hybridized carbons (Fsp3) is 0.500. The lowest BCUT2D eigenvalue weighted by Gasteiger charge is -2.16. The van der Waals surface area contributed by atoms with Gasteiger partial charge in [-0.05, 0) is 24.3 Å². The minimum atomic E-state index is 0.205. The highest BCUT2D eigenvalue weighted by molar-refractivity contribution is 5.79. The summed E-state index contributed by atoms with van der Waals surface area (Å²) in [5.41, 5.74) is 1.07. The van der Waals surface area contributed by atoms with Crippen molar-refractivity contribution in [3.8, 4) is 0 Å². The van der Waals surface area contributed by atoms with Crippen LogP contribution in [0.5, 0.6) is 0 Å². The van der Waals surface area contributed by atoms with Crippen molar-refractivity contribution < 1.29 is 9.90 Å². The number of aliphatic hydroxyl groups excluding tert-OH is 1. The molecule has 17 heavy (non-hydrogen) atoms. The van der Waals surface area contributed by atoms with Crippen molar-refractivity contribution in [2.45, 2.75) is 19.3 Å². The number of nitrogens with zero attached hydrogens (tertiary/aromatic N) is 1. The van der Waals surface area contributed by atoms with Crippen LogP contribution in [0.3, 0.4) is 0 Å². The lowest BCUT2D eigenvalue weighted by Crippen LogP contribution is -2.30. The van der Waals surface area contributed by atoms with Crippen LogP contribution in [0.4, 0.5) is 0 Å². The fourth-order valence-electron chi connectivity index (χ4n) is 2.36. The first-order chi connectivity index (χ1) is 8.29. The van der Waals surface area contributed by atoms with Gasteiger partial charge in [0, 0.05) is 19.7 Å². The first-order valence-corrected chi connectivity index (χ1v) is 6.22. The quantitative estimate of drug-likeness (QED) is 0.855. The highest BCUT2D eigenvalue weighted by atomic mass is 16.3. The number of carbonyl (C=O) groups is 1. The molecule has 1 aromatic carbocycles. The van der Waals surface area contributed by atoms with Gasteiger partial charge >= 0.3 is 0 Å². The minimum Gasteiger partial charge on any atom is -0.396 e. The Morgan fingerprint density at radius 3 is 2.82 bits per heavy atom. The van der Waals surface area contributed by atoms with Gasteiger partial charge in [-0.2, -0.15) is 0 Å².